The lowest BCUT2D eigenvalue weighted by atomic mass is 10.2. The number of hydrogen-bond donors (Lipinski definition) is 0. The Morgan fingerprint density at radius 3 is 2.37 bits per heavy atom. The van der Waals surface area contributed by atoms with E-state index >= 15 is 0 Å². The molecule has 2 rings (SSSR count). The van der Waals surface area contributed by atoms with Gasteiger partial charge in [-0.15, -0.1) is 0 Å². The second-order valence-electron chi connectivity index (χ2n) is 6.46. The molecule has 0 N–H and O–H groups in total. The molecule has 4 nitrogen and oxygen atoms in total. The largest absolute Gasteiger partial charge is 0.374 e. The van der Waals surface area contributed by atoms with Crippen LogP contribution in [0.5, 0.6) is 0 Å². The first kappa shape index (κ1) is 13.8. The predicted molar refractivity (Wildman–Crippen MR) is 81.2 cm³/mol. The molecular formula is C14H20N2O2Si. The van der Waals surface area contributed by atoms with Gasteiger partial charge in [0.15, 0.2) is 8.24 Å². The number of fused-ring (bicyclic) bond motifs is 1. The third-order valence-corrected chi connectivity index (χ3v) is 9.61. The van der Waals surface area contributed by atoms with Gasteiger partial charge < -0.3 is 4.23 Å². The highest BCUT2D eigenvalue weighted by molar-refractivity contribution is 6.79. The predicted octanol–water partition coefficient (Wildman–Crippen LogP) is 4.40. The van der Waals surface area contributed by atoms with Gasteiger partial charge in [-0.05, 0) is 23.4 Å². The highest BCUT2D eigenvalue weighted by atomic mass is 28.3. The van der Waals surface area contributed by atoms with E-state index in [4.69, 9.17) is 0 Å². The molecule has 1 aromatic carbocycles. The fraction of sp³-hybridized carbons (Fsp3) is 0.429. The number of non-ortho nitro benzene ring substituents is 1. The Hall–Kier alpha value is -1.62. The maximum atomic E-state index is 11.1. The van der Waals surface area contributed by atoms with E-state index in [-0.39, 0.29) is 15.6 Å². The molecule has 0 aliphatic rings. The number of rotatable bonds is 2. The Morgan fingerprint density at radius 2 is 1.84 bits per heavy atom. The van der Waals surface area contributed by atoms with E-state index < -0.39 is 8.24 Å². The highest BCUT2D eigenvalue weighted by Gasteiger charge is 2.38. The van der Waals surface area contributed by atoms with E-state index in [0.29, 0.717) is 0 Å². The number of benzene rings is 1. The molecular weight excluding hydrogens is 256 g/mol. The molecule has 102 valence electrons. The summed E-state index contributed by atoms with van der Waals surface area (Å²) in [7, 11) is -1.76. The van der Waals surface area contributed by atoms with Gasteiger partial charge in [-0.3, -0.25) is 10.1 Å². The standard InChI is InChI=1S/C14H20N2O2Si/c1-14(2,3)19(4,5)15-10-9-11-12(15)7-6-8-13(11)16(17)18/h6-10H,1-5H3. The first-order valence-corrected chi connectivity index (χ1v) is 9.36. The Morgan fingerprint density at radius 1 is 1.21 bits per heavy atom. The molecule has 0 saturated carbocycles. The van der Waals surface area contributed by atoms with Crippen LogP contribution in [0.25, 0.3) is 10.9 Å². The molecule has 0 fully saturated rings. The third-order valence-electron chi connectivity index (χ3n) is 4.34. The molecule has 0 aliphatic carbocycles. The molecule has 0 bridgehead atoms. The summed E-state index contributed by atoms with van der Waals surface area (Å²) in [6.07, 6.45) is 2.01. The normalized spacial score (nSPS) is 12.9. The first-order valence-electron chi connectivity index (χ1n) is 6.41. The Balaban J connectivity index is 2.72. The molecule has 0 atom stereocenters. The summed E-state index contributed by atoms with van der Waals surface area (Å²) in [6.45, 7) is 11.3. The quantitative estimate of drug-likeness (QED) is 0.463. The molecule has 0 saturated heterocycles. The fourth-order valence-corrected chi connectivity index (χ4v) is 4.13. The first-order chi connectivity index (χ1) is 8.66. The molecule has 1 heterocycles. The van der Waals surface area contributed by atoms with Gasteiger partial charge in [0.1, 0.15) is 0 Å². The van der Waals surface area contributed by atoms with Crippen LogP contribution in [0, 0.1) is 10.1 Å². The van der Waals surface area contributed by atoms with E-state index in [1.54, 1.807) is 12.1 Å². The topological polar surface area (TPSA) is 48.1 Å². The molecule has 0 spiro atoms. The fourth-order valence-electron chi connectivity index (χ4n) is 2.16. The Bertz CT molecular complexity index is 638. The SMILES string of the molecule is CC(C)(C)[Si](C)(C)n1ccc2c([N+](=O)[O-])cccc21. The van der Waals surface area contributed by atoms with Crippen molar-refractivity contribution >= 4 is 24.8 Å². The van der Waals surface area contributed by atoms with Gasteiger partial charge in [0.25, 0.3) is 5.69 Å². The van der Waals surface area contributed by atoms with Crippen molar-refractivity contribution < 1.29 is 4.92 Å². The summed E-state index contributed by atoms with van der Waals surface area (Å²) >= 11 is 0. The molecule has 0 aliphatic heterocycles. The van der Waals surface area contributed by atoms with Gasteiger partial charge in [-0.2, -0.15) is 0 Å². The number of nitro benzene ring substituents is 1. The monoisotopic (exact) mass is 276 g/mol. The zero-order chi connectivity index (χ0) is 14.4. The number of hydrogen-bond acceptors (Lipinski definition) is 2. The number of nitro groups is 1. The molecule has 0 amide bonds. The molecule has 0 unspecified atom stereocenters. The minimum Gasteiger partial charge on any atom is -0.374 e. The van der Waals surface area contributed by atoms with Gasteiger partial charge in [0.05, 0.1) is 10.3 Å². The second kappa shape index (κ2) is 4.20. The summed E-state index contributed by atoms with van der Waals surface area (Å²) < 4.78 is 2.27. The van der Waals surface area contributed by atoms with Crippen LogP contribution in [0.4, 0.5) is 5.69 Å². The van der Waals surface area contributed by atoms with Crippen molar-refractivity contribution in [3.63, 3.8) is 0 Å². The molecule has 5 heteroatoms. The minimum absolute atomic E-state index is 0.184. The van der Waals surface area contributed by atoms with E-state index in [1.807, 2.05) is 18.3 Å². The van der Waals surface area contributed by atoms with Gasteiger partial charge in [0, 0.05) is 11.6 Å². The van der Waals surface area contributed by atoms with Crippen molar-refractivity contribution in [1.29, 1.82) is 0 Å². The van der Waals surface area contributed by atoms with Crippen LogP contribution in [0.15, 0.2) is 30.5 Å². The van der Waals surface area contributed by atoms with Crippen molar-refractivity contribution in [2.45, 2.75) is 38.9 Å². The summed E-state index contributed by atoms with van der Waals surface area (Å²) in [5.74, 6) is 0. The van der Waals surface area contributed by atoms with Gasteiger partial charge in [0.2, 0.25) is 0 Å². The zero-order valence-corrected chi connectivity index (χ0v) is 13.1. The average molecular weight is 276 g/mol. The van der Waals surface area contributed by atoms with Crippen LogP contribution in [0.3, 0.4) is 0 Å². The average Bonchev–Trinajstić information content (AvgIpc) is 2.70. The number of nitrogens with zero attached hydrogens (tertiary/aromatic N) is 2. The van der Waals surface area contributed by atoms with Crippen LogP contribution >= 0.6 is 0 Å². The Labute approximate surface area is 114 Å². The molecule has 19 heavy (non-hydrogen) atoms. The molecule has 0 radical (unpaired) electrons. The van der Waals surface area contributed by atoms with Crippen LogP contribution in [0.2, 0.25) is 18.1 Å². The van der Waals surface area contributed by atoms with Crippen LogP contribution in [0.1, 0.15) is 20.8 Å². The third kappa shape index (κ3) is 2.08. The maximum Gasteiger partial charge on any atom is 0.278 e. The van der Waals surface area contributed by atoms with E-state index in [1.165, 1.54) is 0 Å². The van der Waals surface area contributed by atoms with Crippen molar-refractivity contribution in [3.8, 4) is 0 Å². The lowest BCUT2D eigenvalue weighted by Gasteiger charge is -2.38. The summed E-state index contributed by atoms with van der Waals surface area (Å²) in [5.41, 5.74) is 1.16. The minimum atomic E-state index is -1.76. The van der Waals surface area contributed by atoms with E-state index in [2.05, 4.69) is 38.1 Å². The van der Waals surface area contributed by atoms with Crippen molar-refractivity contribution in [3.05, 3.63) is 40.6 Å². The summed E-state index contributed by atoms with van der Waals surface area (Å²) in [4.78, 5) is 10.8. The van der Waals surface area contributed by atoms with Gasteiger partial charge >= 0.3 is 0 Å². The van der Waals surface area contributed by atoms with Crippen LogP contribution in [-0.2, 0) is 0 Å². The molecule has 1 aromatic heterocycles. The summed E-state index contributed by atoms with van der Waals surface area (Å²) in [5, 5.41) is 12.0. The lowest BCUT2D eigenvalue weighted by molar-refractivity contribution is -0.383. The van der Waals surface area contributed by atoms with Gasteiger partial charge in [-0.1, -0.05) is 39.9 Å². The maximum absolute atomic E-state index is 11.1. The van der Waals surface area contributed by atoms with E-state index in [0.717, 1.165) is 10.9 Å². The van der Waals surface area contributed by atoms with Gasteiger partial charge in [-0.25, -0.2) is 0 Å². The number of aromatic nitrogens is 1. The smallest absolute Gasteiger partial charge is 0.278 e. The van der Waals surface area contributed by atoms with Crippen LogP contribution < -0.4 is 0 Å². The van der Waals surface area contributed by atoms with Crippen molar-refractivity contribution in [1.82, 2.24) is 4.23 Å². The van der Waals surface area contributed by atoms with E-state index in [9.17, 15) is 10.1 Å². The Kier molecular flexibility index (Phi) is 3.05. The second-order valence-corrected chi connectivity index (χ2v) is 11.6. The highest BCUT2D eigenvalue weighted by Crippen LogP contribution is 2.39. The lowest BCUT2D eigenvalue weighted by Crippen LogP contribution is -2.44. The summed E-state index contributed by atoms with van der Waals surface area (Å²) in [6, 6.07) is 7.18. The van der Waals surface area contributed by atoms with Crippen molar-refractivity contribution in [2.24, 2.45) is 0 Å². The molecule has 2 aromatic rings. The van der Waals surface area contributed by atoms with Crippen LogP contribution in [-0.4, -0.2) is 17.4 Å². The zero-order valence-electron chi connectivity index (χ0n) is 12.1. The van der Waals surface area contributed by atoms with Crippen molar-refractivity contribution in [2.75, 3.05) is 0 Å².